The van der Waals surface area contributed by atoms with Gasteiger partial charge in [-0.3, -0.25) is 0 Å². The maximum Gasteiger partial charge on any atom is 0 e. The second-order valence-corrected chi connectivity index (χ2v) is 0. The van der Waals surface area contributed by atoms with Gasteiger partial charge >= 0.3 is 0 Å². The van der Waals surface area contributed by atoms with E-state index in [4.69, 9.17) is 0 Å². The van der Waals surface area contributed by atoms with Crippen LogP contribution in [0.5, 0.6) is 0 Å². The summed E-state index contributed by atoms with van der Waals surface area (Å²) in [6.07, 6.45) is 0. The van der Waals surface area contributed by atoms with Crippen molar-refractivity contribution in [2.24, 2.45) is 0 Å². The monoisotopic (exact) mass is 207 g/mol. The second kappa shape index (κ2) is 36.9. The van der Waals surface area contributed by atoms with Crippen molar-refractivity contribution in [2.45, 2.75) is 0 Å². The molecule has 0 aliphatic heterocycles. The number of hydrogen-bond donors (Lipinski definition) is 0. The molecule has 35 valence electrons. The van der Waals surface area contributed by atoms with Crippen LogP contribution in [-0.2, 0) is 34.1 Å². The molecule has 0 bridgehead atoms. The zero-order valence-corrected chi connectivity index (χ0v) is 8.14. The molecule has 0 aromatic heterocycles. The summed E-state index contributed by atoms with van der Waals surface area (Å²) in [4.78, 5) is 0. The van der Waals surface area contributed by atoms with Crippen molar-refractivity contribution >= 4 is 34.4 Å². The van der Waals surface area contributed by atoms with Crippen LogP contribution in [0.3, 0.4) is 0 Å². The van der Waals surface area contributed by atoms with Gasteiger partial charge < -0.3 is 0 Å². The van der Waals surface area contributed by atoms with E-state index in [1.165, 1.54) is 0 Å². The van der Waals surface area contributed by atoms with Crippen molar-refractivity contribution < 1.29 is 34.1 Å². The van der Waals surface area contributed by atoms with Gasteiger partial charge in [0.05, 0.1) is 0 Å². The van der Waals surface area contributed by atoms with Gasteiger partial charge in [0, 0.05) is 45.1 Å². The number of hydrogen-bond acceptors (Lipinski definition) is 0. The van der Waals surface area contributed by atoms with Gasteiger partial charge in [0.2, 0.25) is 0 Å². The summed E-state index contributed by atoms with van der Waals surface area (Å²) in [6, 6.07) is 0. The Morgan fingerprint density at radius 3 is 1.00 bits per heavy atom. The summed E-state index contributed by atoms with van der Waals surface area (Å²) >= 11 is 0. The fraction of sp³-hybridized carbons (Fsp3) is 0. The molecule has 0 nitrogen and oxygen atoms in total. The van der Waals surface area contributed by atoms with Crippen LogP contribution in [0.4, 0.5) is 0 Å². The van der Waals surface area contributed by atoms with E-state index in [0.717, 1.165) is 0 Å². The first-order valence-electron chi connectivity index (χ1n) is 0. The predicted molar refractivity (Wildman–Crippen MR) is 27.2 cm³/mol. The molecule has 0 spiro atoms. The molecule has 0 aliphatic rings. The van der Waals surface area contributed by atoms with Crippen molar-refractivity contribution in [3.8, 4) is 0 Å². The normalized spacial score (nSPS) is 0. The first-order chi connectivity index (χ1) is 0. The third kappa shape index (κ3) is 23.7. The molecule has 1 atom stereocenters. The van der Waals surface area contributed by atoms with Crippen LogP contribution in [0.2, 0.25) is 0 Å². The van der Waals surface area contributed by atoms with Gasteiger partial charge in [0.15, 0.2) is 0 Å². The average Bonchev–Trinajstić information content (AvgIpc) is 0. The summed E-state index contributed by atoms with van der Waals surface area (Å²) < 4.78 is 0. The minimum atomic E-state index is 0. The molecular weight excluding hydrogens is 202 g/mol. The van der Waals surface area contributed by atoms with Crippen LogP contribution in [0.25, 0.3) is 0 Å². The molecule has 5 heteroatoms. The Balaban J connectivity index is 0. The number of rotatable bonds is 0. The van der Waals surface area contributed by atoms with E-state index in [9.17, 15) is 0 Å². The molecule has 5 radical (unpaired) electrons. The fourth-order valence-corrected chi connectivity index (χ4v) is 0. The first kappa shape index (κ1) is 61.8. The van der Waals surface area contributed by atoms with Gasteiger partial charge in [0.1, 0.15) is 0 Å². The van der Waals surface area contributed by atoms with Crippen LogP contribution >= 0.6 is 23.4 Å². The molecule has 0 aromatic rings. The molecule has 0 aromatic carbocycles. The minimum Gasteiger partial charge on any atom is -0.197 e. The van der Waals surface area contributed by atoms with E-state index < -0.39 is 0 Å². The summed E-state index contributed by atoms with van der Waals surface area (Å²) in [5, 5.41) is 0. The van der Waals surface area contributed by atoms with Gasteiger partial charge in [-0.1, -0.05) is 0 Å². The maximum absolute atomic E-state index is 0. The third-order valence-electron chi connectivity index (χ3n) is 0. The SMILES string of the molecule is P.S.[Fe].[Mn].[Si]. The van der Waals surface area contributed by atoms with Gasteiger partial charge in [0.25, 0.3) is 0 Å². The van der Waals surface area contributed by atoms with Crippen LogP contribution in [0.1, 0.15) is 0 Å². The third-order valence-corrected chi connectivity index (χ3v) is 0. The molecule has 0 saturated carbocycles. The largest absolute Gasteiger partial charge is 0.197 e. The Hall–Kier alpha value is 2.04. The quantitative estimate of drug-likeness (QED) is 0.380. The Kier molecular flexibility index (Phi) is 457. The predicted octanol–water partition coefficient (Wildman–Crippen LogP) is -0.215. The Labute approximate surface area is 68.3 Å². The summed E-state index contributed by atoms with van der Waals surface area (Å²) in [5.41, 5.74) is 0. The van der Waals surface area contributed by atoms with Gasteiger partial charge in [-0.25, -0.2) is 0 Å². The molecule has 0 fully saturated rings. The van der Waals surface area contributed by atoms with Crippen molar-refractivity contribution in [3.63, 3.8) is 0 Å². The molecule has 0 aliphatic carbocycles. The first-order valence-corrected chi connectivity index (χ1v) is 0. The summed E-state index contributed by atoms with van der Waals surface area (Å²) in [5.74, 6) is 0. The van der Waals surface area contributed by atoms with Gasteiger partial charge in [-0.15, -0.1) is 0 Å². The minimum absolute atomic E-state index is 0. The molecule has 0 heterocycles. The maximum atomic E-state index is 0. The van der Waals surface area contributed by atoms with Crippen molar-refractivity contribution in [1.29, 1.82) is 0 Å². The molecule has 0 N–H and O–H groups in total. The van der Waals surface area contributed by atoms with Gasteiger partial charge in [-0.2, -0.15) is 23.4 Å². The van der Waals surface area contributed by atoms with Crippen LogP contribution in [0, 0.1) is 0 Å². The Bertz CT molecular complexity index is 11.6. The van der Waals surface area contributed by atoms with E-state index in [1.54, 1.807) is 0 Å². The topological polar surface area (TPSA) is 0 Å². The summed E-state index contributed by atoms with van der Waals surface area (Å²) in [6.45, 7) is 0. The molecule has 0 saturated heterocycles. The van der Waals surface area contributed by atoms with Crippen LogP contribution < -0.4 is 0 Å². The second-order valence-electron chi connectivity index (χ2n) is 0. The Morgan fingerprint density at radius 1 is 1.00 bits per heavy atom. The van der Waals surface area contributed by atoms with Crippen LogP contribution in [0.15, 0.2) is 0 Å². The molecule has 0 rings (SSSR count). The van der Waals surface area contributed by atoms with E-state index >= 15 is 0 Å². The van der Waals surface area contributed by atoms with Crippen molar-refractivity contribution in [1.82, 2.24) is 0 Å². The fourth-order valence-electron chi connectivity index (χ4n) is 0. The van der Waals surface area contributed by atoms with Gasteiger partial charge in [-0.05, 0) is 0 Å². The molecular formula is H5FeMnPSSi. The van der Waals surface area contributed by atoms with E-state index in [2.05, 4.69) is 0 Å². The zero-order chi connectivity index (χ0) is 0. The zero-order valence-electron chi connectivity index (χ0n) is 2.44. The van der Waals surface area contributed by atoms with Crippen molar-refractivity contribution in [2.75, 3.05) is 0 Å². The van der Waals surface area contributed by atoms with Crippen molar-refractivity contribution in [3.05, 3.63) is 0 Å². The van der Waals surface area contributed by atoms with E-state index in [1.807, 2.05) is 0 Å². The standard InChI is InChI=1S/Fe.Mn.H3P.H2S.Si/h;;1H3;1H2;. The molecule has 1 unspecified atom stereocenters. The summed E-state index contributed by atoms with van der Waals surface area (Å²) in [7, 11) is 0. The Morgan fingerprint density at radius 2 is 1.00 bits per heavy atom. The van der Waals surface area contributed by atoms with E-state index in [-0.39, 0.29) is 68.5 Å². The molecule has 5 heavy (non-hydrogen) atoms. The smallest absolute Gasteiger partial charge is 0 e. The average molecular weight is 207 g/mol. The molecule has 0 amide bonds. The van der Waals surface area contributed by atoms with Crippen LogP contribution in [-0.4, -0.2) is 11.0 Å². The van der Waals surface area contributed by atoms with E-state index in [0.29, 0.717) is 0 Å².